The predicted molar refractivity (Wildman–Crippen MR) is 48.5 cm³/mol. The molecular formula is C9H18N2. The number of hydrogen-bond donors (Lipinski definition) is 1. The molecule has 1 rings (SSSR count). The first-order valence-electron chi connectivity index (χ1n) is 4.33. The highest BCUT2D eigenvalue weighted by molar-refractivity contribution is 4.98. The Balaban J connectivity index is 2.22. The summed E-state index contributed by atoms with van der Waals surface area (Å²) in [4.78, 5) is 2.42. The van der Waals surface area contributed by atoms with Crippen molar-refractivity contribution in [2.75, 3.05) is 19.6 Å². The lowest BCUT2D eigenvalue weighted by Crippen LogP contribution is -2.39. The minimum atomic E-state index is 0.307. The van der Waals surface area contributed by atoms with Crippen molar-refractivity contribution in [3.05, 3.63) is 12.2 Å². The van der Waals surface area contributed by atoms with Gasteiger partial charge in [-0.15, -0.1) is 0 Å². The minimum absolute atomic E-state index is 0.307. The highest BCUT2D eigenvalue weighted by atomic mass is 15.1. The smallest absolute Gasteiger partial charge is 0.0139 e. The van der Waals surface area contributed by atoms with E-state index in [9.17, 15) is 0 Å². The van der Waals surface area contributed by atoms with E-state index in [1.54, 1.807) is 0 Å². The summed E-state index contributed by atoms with van der Waals surface area (Å²) in [5.41, 5.74) is 7.09. The summed E-state index contributed by atoms with van der Waals surface area (Å²) in [7, 11) is 0. The molecule has 1 aliphatic rings. The monoisotopic (exact) mass is 154 g/mol. The van der Waals surface area contributed by atoms with Crippen molar-refractivity contribution in [2.24, 2.45) is 5.73 Å². The Morgan fingerprint density at radius 2 is 2.09 bits per heavy atom. The Morgan fingerprint density at radius 1 is 1.55 bits per heavy atom. The Labute approximate surface area is 69.1 Å². The van der Waals surface area contributed by atoms with Crippen molar-refractivity contribution in [1.29, 1.82) is 0 Å². The van der Waals surface area contributed by atoms with Gasteiger partial charge in [0.05, 0.1) is 0 Å². The third kappa shape index (κ3) is 3.04. The Bertz CT molecular complexity index is 130. The average molecular weight is 154 g/mol. The molecule has 1 heterocycles. The van der Waals surface area contributed by atoms with E-state index in [2.05, 4.69) is 18.4 Å². The molecule has 1 saturated heterocycles. The standard InChI is InChI=1S/C9H18N2/c1-8-3-5-11(6-4-8)7-9(2)10/h9H,1,3-7,10H2,2H3/t9-/m0/s1. The first-order chi connectivity index (χ1) is 5.18. The summed E-state index contributed by atoms with van der Waals surface area (Å²) in [5.74, 6) is 0. The molecule has 0 aromatic carbocycles. The van der Waals surface area contributed by atoms with Gasteiger partial charge in [-0.2, -0.15) is 0 Å². The molecule has 11 heavy (non-hydrogen) atoms. The van der Waals surface area contributed by atoms with Crippen LogP contribution in [0.4, 0.5) is 0 Å². The van der Waals surface area contributed by atoms with Crippen LogP contribution in [-0.2, 0) is 0 Å². The molecule has 2 heteroatoms. The topological polar surface area (TPSA) is 29.3 Å². The number of rotatable bonds is 2. The number of hydrogen-bond acceptors (Lipinski definition) is 2. The van der Waals surface area contributed by atoms with Crippen molar-refractivity contribution >= 4 is 0 Å². The normalized spacial score (nSPS) is 23.6. The fourth-order valence-corrected chi connectivity index (χ4v) is 1.46. The van der Waals surface area contributed by atoms with Crippen LogP contribution in [0.5, 0.6) is 0 Å². The second-order valence-corrected chi connectivity index (χ2v) is 3.53. The third-order valence-corrected chi connectivity index (χ3v) is 2.11. The van der Waals surface area contributed by atoms with E-state index < -0.39 is 0 Å². The number of likely N-dealkylation sites (tertiary alicyclic amines) is 1. The highest BCUT2D eigenvalue weighted by Gasteiger charge is 2.12. The SMILES string of the molecule is C=C1CCN(C[C@H](C)N)CC1. The van der Waals surface area contributed by atoms with Gasteiger partial charge in [0, 0.05) is 25.7 Å². The van der Waals surface area contributed by atoms with Gasteiger partial charge in [0.25, 0.3) is 0 Å². The molecule has 0 aromatic heterocycles. The summed E-state index contributed by atoms with van der Waals surface area (Å²) >= 11 is 0. The molecule has 0 spiro atoms. The van der Waals surface area contributed by atoms with E-state index in [0.717, 1.165) is 32.5 Å². The molecule has 1 atom stereocenters. The van der Waals surface area contributed by atoms with Gasteiger partial charge in [0.15, 0.2) is 0 Å². The maximum absolute atomic E-state index is 5.69. The lowest BCUT2D eigenvalue weighted by molar-refractivity contribution is 0.245. The molecule has 0 saturated carbocycles. The number of piperidine rings is 1. The molecule has 2 nitrogen and oxygen atoms in total. The van der Waals surface area contributed by atoms with E-state index in [4.69, 9.17) is 5.73 Å². The summed E-state index contributed by atoms with van der Waals surface area (Å²) in [5, 5.41) is 0. The van der Waals surface area contributed by atoms with Gasteiger partial charge < -0.3 is 10.6 Å². The van der Waals surface area contributed by atoms with Crippen LogP contribution in [0.15, 0.2) is 12.2 Å². The van der Waals surface area contributed by atoms with Crippen LogP contribution >= 0.6 is 0 Å². The average Bonchev–Trinajstić information content (AvgIpc) is 1.93. The molecule has 0 aliphatic carbocycles. The first-order valence-corrected chi connectivity index (χ1v) is 4.33. The summed E-state index contributed by atoms with van der Waals surface area (Å²) in [6, 6.07) is 0.307. The molecule has 0 amide bonds. The van der Waals surface area contributed by atoms with Crippen LogP contribution < -0.4 is 5.73 Å². The summed E-state index contributed by atoms with van der Waals surface area (Å²) in [6.07, 6.45) is 2.32. The fourth-order valence-electron chi connectivity index (χ4n) is 1.46. The summed E-state index contributed by atoms with van der Waals surface area (Å²) in [6.45, 7) is 9.37. The van der Waals surface area contributed by atoms with Gasteiger partial charge in [-0.25, -0.2) is 0 Å². The van der Waals surface area contributed by atoms with E-state index in [0.29, 0.717) is 6.04 Å². The van der Waals surface area contributed by atoms with Crippen molar-refractivity contribution in [3.63, 3.8) is 0 Å². The van der Waals surface area contributed by atoms with E-state index in [1.807, 2.05) is 0 Å². The van der Waals surface area contributed by atoms with E-state index in [1.165, 1.54) is 5.57 Å². The van der Waals surface area contributed by atoms with Gasteiger partial charge in [0.1, 0.15) is 0 Å². The zero-order chi connectivity index (χ0) is 8.27. The zero-order valence-corrected chi connectivity index (χ0v) is 7.34. The van der Waals surface area contributed by atoms with Crippen LogP contribution in [0.25, 0.3) is 0 Å². The number of nitrogens with two attached hydrogens (primary N) is 1. The summed E-state index contributed by atoms with van der Waals surface area (Å²) < 4.78 is 0. The molecule has 0 aromatic rings. The lowest BCUT2D eigenvalue weighted by atomic mass is 10.1. The molecule has 0 unspecified atom stereocenters. The number of nitrogens with zero attached hydrogens (tertiary/aromatic N) is 1. The van der Waals surface area contributed by atoms with Crippen LogP contribution in [0.2, 0.25) is 0 Å². The molecule has 0 radical (unpaired) electrons. The maximum atomic E-state index is 5.69. The van der Waals surface area contributed by atoms with Crippen LogP contribution in [0, 0.1) is 0 Å². The largest absolute Gasteiger partial charge is 0.327 e. The van der Waals surface area contributed by atoms with E-state index >= 15 is 0 Å². The third-order valence-electron chi connectivity index (χ3n) is 2.11. The van der Waals surface area contributed by atoms with Gasteiger partial charge in [-0.05, 0) is 19.8 Å². The van der Waals surface area contributed by atoms with Crippen LogP contribution in [0.3, 0.4) is 0 Å². The fraction of sp³-hybridized carbons (Fsp3) is 0.778. The molecule has 64 valence electrons. The van der Waals surface area contributed by atoms with Crippen molar-refractivity contribution in [2.45, 2.75) is 25.8 Å². The van der Waals surface area contributed by atoms with E-state index in [-0.39, 0.29) is 0 Å². The Hall–Kier alpha value is -0.340. The minimum Gasteiger partial charge on any atom is -0.327 e. The van der Waals surface area contributed by atoms with Crippen molar-refractivity contribution in [3.8, 4) is 0 Å². The van der Waals surface area contributed by atoms with Gasteiger partial charge in [0.2, 0.25) is 0 Å². The molecular weight excluding hydrogens is 136 g/mol. The highest BCUT2D eigenvalue weighted by Crippen LogP contribution is 2.13. The Kier molecular flexibility index (Phi) is 3.09. The first kappa shape index (κ1) is 8.75. The maximum Gasteiger partial charge on any atom is 0.0139 e. The lowest BCUT2D eigenvalue weighted by Gasteiger charge is -2.28. The van der Waals surface area contributed by atoms with Gasteiger partial charge in [-0.3, -0.25) is 0 Å². The van der Waals surface area contributed by atoms with Crippen LogP contribution in [-0.4, -0.2) is 30.6 Å². The quantitative estimate of drug-likeness (QED) is 0.601. The zero-order valence-electron chi connectivity index (χ0n) is 7.34. The molecule has 0 bridgehead atoms. The molecule has 1 aliphatic heterocycles. The Morgan fingerprint density at radius 3 is 2.55 bits per heavy atom. The van der Waals surface area contributed by atoms with Gasteiger partial charge >= 0.3 is 0 Å². The van der Waals surface area contributed by atoms with Gasteiger partial charge in [-0.1, -0.05) is 12.2 Å². The second kappa shape index (κ2) is 3.88. The van der Waals surface area contributed by atoms with Crippen LogP contribution in [0.1, 0.15) is 19.8 Å². The molecule has 1 fully saturated rings. The van der Waals surface area contributed by atoms with Crippen molar-refractivity contribution < 1.29 is 0 Å². The van der Waals surface area contributed by atoms with Crippen molar-refractivity contribution in [1.82, 2.24) is 4.90 Å². The predicted octanol–water partition coefficient (Wildman–Crippen LogP) is 0.986. The molecule has 2 N–H and O–H groups in total. The second-order valence-electron chi connectivity index (χ2n) is 3.53.